The standard InChI is InChI=1S/C7H16N2O2S/c1-6-3-4-9(5-7(6)2)12(8,10)11/h6-7H,3-5H2,1-2H3,(H2,8,10,11). The summed E-state index contributed by atoms with van der Waals surface area (Å²) in [5, 5.41) is 5.02. The Morgan fingerprint density at radius 2 is 1.92 bits per heavy atom. The van der Waals surface area contributed by atoms with E-state index in [4.69, 9.17) is 5.14 Å². The van der Waals surface area contributed by atoms with Gasteiger partial charge in [-0.3, -0.25) is 0 Å². The van der Waals surface area contributed by atoms with Gasteiger partial charge < -0.3 is 0 Å². The first kappa shape index (κ1) is 9.95. The molecule has 1 aliphatic rings. The van der Waals surface area contributed by atoms with Crippen molar-refractivity contribution < 1.29 is 8.42 Å². The number of hydrogen-bond acceptors (Lipinski definition) is 2. The molecule has 1 heterocycles. The van der Waals surface area contributed by atoms with Crippen LogP contribution in [0.1, 0.15) is 20.3 Å². The summed E-state index contributed by atoms with van der Waals surface area (Å²) in [5.41, 5.74) is 0. The Balaban J connectivity index is 2.64. The van der Waals surface area contributed by atoms with Crippen molar-refractivity contribution in [2.24, 2.45) is 17.0 Å². The van der Waals surface area contributed by atoms with Gasteiger partial charge in [0.25, 0.3) is 10.2 Å². The smallest absolute Gasteiger partial charge is 0.216 e. The van der Waals surface area contributed by atoms with Crippen LogP contribution in [0.3, 0.4) is 0 Å². The van der Waals surface area contributed by atoms with E-state index in [2.05, 4.69) is 13.8 Å². The normalized spacial score (nSPS) is 33.6. The molecule has 12 heavy (non-hydrogen) atoms. The summed E-state index contributed by atoms with van der Waals surface area (Å²) < 4.78 is 23.2. The summed E-state index contributed by atoms with van der Waals surface area (Å²) in [5.74, 6) is 1.01. The lowest BCUT2D eigenvalue weighted by Gasteiger charge is -2.33. The lowest BCUT2D eigenvalue weighted by Crippen LogP contribution is -2.45. The first-order valence-corrected chi connectivity index (χ1v) is 5.69. The summed E-state index contributed by atoms with van der Waals surface area (Å²) in [6.07, 6.45) is 0.914. The van der Waals surface area contributed by atoms with E-state index in [0.717, 1.165) is 6.42 Å². The van der Waals surface area contributed by atoms with Crippen LogP contribution in [-0.4, -0.2) is 25.8 Å². The van der Waals surface area contributed by atoms with Crippen molar-refractivity contribution in [1.82, 2.24) is 4.31 Å². The third-order valence-electron chi connectivity index (χ3n) is 2.66. The van der Waals surface area contributed by atoms with E-state index in [1.807, 2.05) is 0 Å². The van der Waals surface area contributed by atoms with Gasteiger partial charge in [0.2, 0.25) is 0 Å². The highest BCUT2D eigenvalue weighted by molar-refractivity contribution is 7.86. The minimum absolute atomic E-state index is 0.414. The molecule has 1 fully saturated rings. The predicted octanol–water partition coefficient (Wildman–Crippen LogP) is 0.168. The van der Waals surface area contributed by atoms with Crippen molar-refractivity contribution in [2.45, 2.75) is 20.3 Å². The molecule has 2 atom stereocenters. The zero-order chi connectivity index (χ0) is 9.35. The Bertz CT molecular complexity index is 250. The van der Waals surface area contributed by atoms with Crippen LogP contribution in [0.25, 0.3) is 0 Å². The quantitative estimate of drug-likeness (QED) is 0.643. The van der Waals surface area contributed by atoms with Crippen LogP contribution in [0.2, 0.25) is 0 Å². The van der Waals surface area contributed by atoms with Gasteiger partial charge in [0.05, 0.1) is 0 Å². The maximum absolute atomic E-state index is 10.9. The summed E-state index contributed by atoms with van der Waals surface area (Å²) >= 11 is 0. The Labute approximate surface area is 73.9 Å². The molecule has 2 unspecified atom stereocenters. The molecule has 1 aliphatic heterocycles. The van der Waals surface area contributed by atoms with E-state index >= 15 is 0 Å². The number of piperidine rings is 1. The van der Waals surface area contributed by atoms with Crippen molar-refractivity contribution in [2.75, 3.05) is 13.1 Å². The van der Waals surface area contributed by atoms with Gasteiger partial charge in [-0.15, -0.1) is 0 Å². The molecular weight excluding hydrogens is 176 g/mol. The van der Waals surface area contributed by atoms with E-state index in [-0.39, 0.29) is 0 Å². The second-order valence-electron chi connectivity index (χ2n) is 3.65. The van der Waals surface area contributed by atoms with E-state index in [0.29, 0.717) is 24.9 Å². The van der Waals surface area contributed by atoms with Crippen molar-refractivity contribution in [3.63, 3.8) is 0 Å². The molecule has 0 bridgehead atoms. The molecule has 4 nitrogen and oxygen atoms in total. The predicted molar refractivity (Wildman–Crippen MR) is 47.6 cm³/mol. The molecule has 1 rings (SSSR count). The summed E-state index contributed by atoms with van der Waals surface area (Å²) in [6, 6.07) is 0. The second kappa shape index (κ2) is 3.32. The summed E-state index contributed by atoms with van der Waals surface area (Å²) in [6.45, 7) is 5.34. The molecule has 5 heteroatoms. The van der Waals surface area contributed by atoms with Crippen LogP contribution < -0.4 is 5.14 Å². The van der Waals surface area contributed by atoms with Crippen LogP contribution in [0.15, 0.2) is 0 Å². The molecule has 2 N–H and O–H groups in total. The zero-order valence-corrected chi connectivity index (χ0v) is 8.34. The second-order valence-corrected chi connectivity index (χ2v) is 5.19. The molecule has 1 saturated heterocycles. The largest absolute Gasteiger partial charge is 0.276 e. The Kier molecular flexibility index (Phi) is 2.75. The van der Waals surface area contributed by atoms with Crippen LogP contribution in [0.5, 0.6) is 0 Å². The van der Waals surface area contributed by atoms with Crippen LogP contribution in [0, 0.1) is 11.8 Å². The highest BCUT2D eigenvalue weighted by atomic mass is 32.2. The van der Waals surface area contributed by atoms with E-state index in [1.54, 1.807) is 0 Å². The minimum atomic E-state index is -3.45. The molecule has 0 radical (unpaired) electrons. The maximum Gasteiger partial charge on any atom is 0.276 e. The van der Waals surface area contributed by atoms with Gasteiger partial charge >= 0.3 is 0 Å². The lowest BCUT2D eigenvalue weighted by molar-refractivity contribution is 0.212. The van der Waals surface area contributed by atoms with Gasteiger partial charge in [0.1, 0.15) is 0 Å². The van der Waals surface area contributed by atoms with Crippen LogP contribution in [0.4, 0.5) is 0 Å². The summed E-state index contributed by atoms with van der Waals surface area (Å²) in [7, 11) is -3.45. The number of nitrogens with zero attached hydrogens (tertiary/aromatic N) is 1. The molecule has 0 saturated carbocycles. The fourth-order valence-corrected chi connectivity index (χ4v) is 2.26. The van der Waals surface area contributed by atoms with Gasteiger partial charge in [-0.1, -0.05) is 13.8 Å². The first-order chi connectivity index (χ1) is 5.41. The lowest BCUT2D eigenvalue weighted by atomic mass is 9.90. The molecule has 72 valence electrons. The molecule has 0 aromatic rings. The number of rotatable bonds is 1. The fraction of sp³-hybridized carbons (Fsp3) is 1.00. The molecular formula is C7H16N2O2S. The zero-order valence-electron chi connectivity index (χ0n) is 7.53. The van der Waals surface area contributed by atoms with Gasteiger partial charge in [-0.2, -0.15) is 12.7 Å². The van der Waals surface area contributed by atoms with Crippen LogP contribution >= 0.6 is 0 Å². The molecule has 0 aliphatic carbocycles. The SMILES string of the molecule is CC1CCN(S(N)(=O)=O)CC1C. The molecule has 0 aromatic heterocycles. The van der Waals surface area contributed by atoms with Gasteiger partial charge in [0.15, 0.2) is 0 Å². The first-order valence-electron chi connectivity index (χ1n) is 4.19. The third-order valence-corrected chi connectivity index (χ3v) is 3.71. The number of nitrogens with two attached hydrogens (primary N) is 1. The Hall–Kier alpha value is -0.130. The average molecular weight is 192 g/mol. The van der Waals surface area contributed by atoms with Crippen molar-refractivity contribution >= 4 is 10.2 Å². The monoisotopic (exact) mass is 192 g/mol. The highest BCUT2D eigenvalue weighted by Crippen LogP contribution is 2.23. The van der Waals surface area contributed by atoms with Crippen molar-refractivity contribution in [3.05, 3.63) is 0 Å². The molecule has 0 aromatic carbocycles. The van der Waals surface area contributed by atoms with Crippen molar-refractivity contribution in [1.29, 1.82) is 0 Å². The maximum atomic E-state index is 10.9. The van der Waals surface area contributed by atoms with Gasteiger partial charge in [0, 0.05) is 13.1 Å². The van der Waals surface area contributed by atoms with Crippen molar-refractivity contribution in [3.8, 4) is 0 Å². The van der Waals surface area contributed by atoms with E-state index < -0.39 is 10.2 Å². The Morgan fingerprint density at radius 3 is 2.33 bits per heavy atom. The van der Waals surface area contributed by atoms with E-state index in [9.17, 15) is 8.42 Å². The molecule has 0 amide bonds. The number of hydrogen-bond donors (Lipinski definition) is 1. The van der Waals surface area contributed by atoms with Gasteiger partial charge in [-0.25, -0.2) is 5.14 Å². The average Bonchev–Trinajstić information content (AvgIpc) is 1.92. The minimum Gasteiger partial charge on any atom is -0.216 e. The van der Waals surface area contributed by atoms with E-state index in [1.165, 1.54) is 4.31 Å². The van der Waals surface area contributed by atoms with Crippen LogP contribution in [-0.2, 0) is 10.2 Å². The third kappa shape index (κ3) is 2.18. The topological polar surface area (TPSA) is 63.4 Å². The molecule has 0 spiro atoms. The Morgan fingerprint density at radius 1 is 1.33 bits per heavy atom. The fourth-order valence-electron chi connectivity index (χ4n) is 1.46. The highest BCUT2D eigenvalue weighted by Gasteiger charge is 2.27. The van der Waals surface area contributed by atoms with Gasteiger partial charge in [-0.05, 0) is 18.3 Å². The summed E-state index contributed by atoms with van der Waals surface area (Å²) in [4.78, 5) is 0.